The Balaban J connectivity index is 2.56. The molecule has 0 aliphatic carbocycles. The highest BCUT2D eigenvalue weighted by Crippen LogP contribution is 2.24. The van der Waals surface area contributed by atoms with E-state index >= 15 is 0 Å². The zero-order chi connectivity index (χ0) is 15.6. The van der Waals surface area contributed by atoms with Crippen LogP contribution in [0.25, 0.3) is 5.69 Å². The zero-order valence-electron chi connectivity index (χ0n) is 12.8. The van der Waals surface area contributed by atoms with E-state index in [2.05, 4.69) is 10.4 Å². The van der Waals surface area contributed by atoms with Crippen LogP contribution < -0.4 is 5.32 Å². The smallest absolute Gasteiger partial charge is 0.255 e. The molecule has 0 radical (unpaired) electrons. The van der Waals surface area contributed by atoms with Crippen molar-refractivity contribution in [2.75, 3.05) is 0 Å². The molecule has 21 heavy (non-hydrogen) atoms. The molecule has 1 N–H and O–H groups in total. The van der Waals surface area contributed by atoms with Crippen molar-refractivity contribution in [2.45, 2.75) is 40.2 Å². The summed E-state index contributed by atoms with van der Waals surface area (Å²) in [5, 5.41) is 8.06. The quantitative estimate of drug-likeness (QED) is 0.939. The molecule has 0 aliphatic rings. The Kier molecular flexibility index (Phi) is 4.68. The van der Waals surface area contributed by atoms with Crippen LogP contribution >= 0.6 is 11.6 Å². The summed E-state index contributed by atoms with van der Waals surface area (Å²) in [7, 11) is 0. The number of carbonyl (C=O) groups excluding carboxylic acids is 1. The highest BCUT2D eigenvalue weighted by Gasteiger charge is 2.22. The van der Waals surface area contributed by atoms with Crippen molar-refractivity contribution >= 4 is 17.5 Å². The first-order valence-electron chi connectivity index (χ1n) is 7.10. The highest BCUT2D eigenvalue weighted by molar-refractivity contribution is 6.32. The zero-order valence-corrected chi connectivity index (χ0v) is 13.5. The van der Waals surface area contributed by atoms with Crippen LogP contribution in [0.5, 0.6) is 0 Å². The average Bonchev–Trinajstić information content (AvgIpc) is 2.75. The van der Waals surface area contributed by atoms with E-state index in [0.717, 1.165) is 11.4 Å². The van der Waals surface area contributed by atoms with Crippen LogP contribution in [-0.4, -0.2) is 21.7 Å². The van der Waals surface area contributed by atoms with E-state index in [1.165, 1.54) is 0 Å². The molecule has 4 nitrogen and oxygen atoms in total. The van der Waals surface area contributed by atoms with Crippen LogP contribution in [0.4, 0.5) is 0 Å². The van der Waals surface area contributed by atoms with Gasteiger partial charge in [0, 0.05) is 6.04 Å². The van der Waals surface area contributed by atoms with Gasteiger partial charge in [-0.05, 0) is 39.3 Å². The standard InChI is InChI=1S/C16H20ClN3O/c1-5-13-15(16(21)18-10(2)3)11(4)19-20(13)14-9-7-6-8-12(14)17/h6-10H,5H2,1-4H3,(H,18,21). The van der Waals surface area contributed by atoms with Gasteiger partial charge in [-0.2, -0.15) is 5.10 Å². The summed E-state index contributed by atoms with van der Waals surface area (Å²) in [4.78, 5) is 12.4. The van der Waals surface area contributed by atoms with Crippen molar-refractivity contribution in [2.24, 2.45) is 0 Å². The fourth-order valence-electron chi connectivity index (χ4n) is 2.35. The highest BCUT2D eigenvalue weighted by atomic mass is 35.5. The summed E-state index contributed by atoms with van der Waals surface area (Å²) in [6.07, 6.45) is 0.701. The van der Waals surface area contributed by atoms with E-state index in [9.17, 15) is 4.79 Å². The van der Waals surface area contributed by atoms with Crippen molar-refractivity contribution in [3.05, 3.63) is 46.2 Å². The second-order valence-electron chi connectivity index (χ2n) is 5.25. The minimum absolute atomic E-state index is 0.0855. The molecule has 0 unspecified atom stereocenters. The van der Waals surface area contributed by atoms with E-state index < -0.39 is 0 Å². The first kappa shape index (κ1) is 15.6. The molecule has 0 spiro atoms. The van der Waals surface area contributed by atoms with Gasteiger partial charge in [0.15, 0.2) is 0 Å². The third kappa shape index (κ3) is 3.10. The first-order chi connectivity index (χ1) is 9.95. The summed E-state index contributed by atoms with van der Waals surface area (Å²) in [6, 6.07) is 7.59. The van der Waals surface area contributed by atoms with Gasteiger partial charge in [0.05, 0.1) is 27.7 Å². The van der Waals surface area contributed by atoms with Crippen molar-refractivity contribution in [1.29, 1.82) is 0 Å². The average molecular weight is 306 g/mol. The summed E-state index contributed by atoms with van der Waals surface area (Å²) in [5.74, 6) is -0.0855. The Morgan fingerprint density at radius 1 is 1.38 bits per heavy atom. The minimum Gasteiger partial charge on any atom is -0.350 e. The lowest BCUT2D eigenvalue weighted by atomic mass is 10.1. The number of hydrogen-bond acceptors (Lipinski definition) is 2. The van der Waals surface area contributed by atoms with Gasteiger partial charge in [-0.25, -0.2) is 4.68 Å². The number of nitrogens with one attached hydrogen (secondary N) is 1. The largest absolute Gasteiger partial charge is 0.350 e. The predicted octanol–water partition coefficient (Wildman–Crippen LogP) is 3.53. The molecule has 0 bridgehead atoms. The van der Waals surface area contributed by atoms with Crippen LogP contribution in [0.3, 0.4) is 0 Å². The van der Waals surface area contributed by atoms with E-state index in [1.54, 1.807) is 4.68 Å². The van der Waals surface area contributed by atoms with Crippen LogP contribution in [-0.2, 0) is 6.42 Å². The van der Waals surface area contributed by atoms with Crippen molar-refractivity contribution in [3.8, 4) is 5.69 Å². The van der Waals surface area contributed by atoms with Gasteiger partial charge in [-0.15, -0.1) is 0 Å². The lowest BCUT2D eigenvalue weighted by molar-refractivity contribution is 0.0941. The van der Waals surface area contributed by atoms with Crippen LogP contribution in [0.1, 0.15) is 42.5 Å². The molecule has 2 aromatic rings. The van der Waals surface area contributed by atoms with E-state index in [-0.39, 0.29) is 11.9 Å². The number of carbonyl (C=O) groups is 1. The van der Waals surface area contributed by atoms with Crippen LogP contribution in [0.2, 0.25) is 5.02 Å². The van der Waals surface area contributed by atoms with Gasteiger partial charge < -0.3 is 5.32 Å². The molecule has 112 valence electrons. The van der Waals surface area contributed by atoms with Crippen LogP contribution in [0, 0.1) is 6.92 Å². The molecule has 0 saturated carbocycles. The van der Waals surface area contributed by atoms with Gasteiger partial charge in [-0.3, -0.25) is 4.79 Å². The lowest BCUT2D eigenvalue weighted by Crippen LogP contribution is -2.31. The number of nitrogens with zero attached hydrogens (tertiary/aromatic N) is 2. The van der Waals surface area contributed by atoms with Gasteiger partial charge in [-0.1, -0.05) is 30.7 Å². The molecule has 1 amide bonds. The topological polar surface area (TPSA) is 46.9 Å². The summed E-state index contributed by atoms with van der Waals surface area (Å²) in [6.45, 7) is 7.74. The molecule has 0 saturated heterocycles. The van der Waals surface area contributed by atoms with Gasteiger partial charge in [0.25, 0.3) is 5.91 Å². The lowest BCUT2D eigenvalue weighted by Gasteiger charge is -2.11. The van der Waals surface area contributed by atoms with Crippen molar-refractivity contribution in [1.82, 2.24) is 15.1 Å². The molecule has 1 heterocycles. The Labute approximate surface area is 130 Å². The monoisotopic (exact) mass is 305 g/mol. The number of benzene rings is 1. The first-order valence-corrected chi connectivity index (χ1v) is 7.47. The van der Waals surface area contributed by atoms with E-state index in [0.29, 0.717) is 22.7 Å². The summed E-state index contributed by atoms with van der Waals surface area (Å²) < 4.78 is 1.77. The predicted molar refractivity (Wildman–Crippen MR) is 85.3 cm³/mol. The Morgan fingerprint density at radius 2 is 2.05 bits per heavy atom. The van der Waals surface area contributed by atoms with E-state index in [4.69, 9.17) is 11.6 Å². The van der Waals surface area contributed by atoms with Crippen molar-refractivity contribution in [3.63, 3.8) is 0 Å². The Morgan fingerprint density at radius 3 is 2.62 bits per heavy atom. The molecular formula is C16H20ClN3O. The number of amides is 1. The maximum Gasteiger partial charge on any atom is 0.255 e. The second-order valence-corrected chi connectivity index (χ2v) is 5.66. The van der Waals surface area contributed by atoms with Crippen molar-refractivity contribution < 1.29 is 4.79 Å². The fourth-order valence-corrected chi connectivity index (χ4v) is 2.57. The number of aromatic nitrogens is 2. The molecular weight excluding hydrogens is 286 g/mol. The molecule has 0 atom stereocenters. The molecule has 0 aliphatic heterocycles. The maximum absolute atomic E-state index is 12.4. The molecule has 1 aromatic carbocycles. The van der Waals surface area contributed by atoms with Gasteiger partial charge in [0.2, 0.25) is 0 Å². The third-order valence-electron chi connectivity index (χ3n) is 3.22. The SMILES string of the molecule is CCc1c(C(=O)NC(C)C)c(C)nn1-c1ccccc1Cl. The summed E-state index contributed by atoms with van der Waals surface area (Å²) >= 11 is 6.25. The number of halogens is 1. The number of hydrogen-bond donors (Lipinski definition) is 1. The normalized spacial score (nSPS) is 11.0. The summed E-state index contributed by atoms with van der Waals surface area (Å²) in [5.41, 5.74) is 3.03. The third-order valence-corrected chi connectivity index (χ3v) is 3.54. The molecule has 5 heteroatoms. The maximum atomic E-state index is 12.4. The fraction of sp³-hybridized carbons (Fsp3) is 0.375. The molecule has 1 aromatic heterocycles. The number of para-hydroxylation sites is 1. The minimum atomic E-state index is -0.0855. The number of rotatable bonds is 4. The van der Waals surface area contributed by atoms with Gasteiger partial charge >= 0.3 is 0 Å². The molecule has 0 fully saturated rings. The number of aryl methyl sites for hydroxylation is 1. The molecule has 2 rings (SSSR count). The van der Waals surface area contributed by atoms with Crippen LogP contribution in [0.15, 0.2) is 24.3 Å². The van der Waals surface area contributed by atoms with Gasteiger partial charge in [0.1, 0.15) is 0 Å². The second kappa shape index (κ2) is 6.31. The Hall–Kier alpha value is -1.81. The van der Waals surface area contributed by atoms with E-state index in [1.807, 2.05) is 52.0 Å². The Bertz CT molecular complexity index is 662.